The average molecular weight is 391 g/mol. The fourth-order valence-corrected chi connectivity index (χ4v) is 3.35. The first-order valence-electron chi connectivity index (χ1n) is 8.47. The third-order valence-electron chi connectivity index (χ3n) is 4.36. The summed E-state index contributed by atoms with van der Waals surface area (Å²) in [5.41, 5.74) is 0.966. The molecular formula is C18H19ClN4O2S. The van der Waals surface area contributed by atoms with Crippen molar-refractivity contribution in [1.29, 1.82) is 0 Å². The molecule has 2 aromatic heterocycles. The van der Waals surface area contributed by atoms with Crippen molar-refractivity contribution in [2.45, 2.75) is 13.2 Å². The average Bonchev–Trinajstić information content (AvgIpc) is 3.27. The number of halogens is 1. The van der Waals surface area contributed by atoms with Crippen LogP contribution in [0.3, 0.4) is 0 Å². The van der Waals surface area contributed by atoms with Crippen molar-refractivity contribution in [3.8, 4) is 11.4 Å². The Labute approximate surface area is 161 Å². The molecule has 1 saturated heterocycles. The molecule has 136 valence electrons. The van der Waals surface area contributed by atoms with Crippen LogP contribution in [0, 0.1) is 4.77 Å². The molecule has 1 fully saturated rings. The zero-order valence-corrected chi connectivity index (χ0v) is 15.7. The van der Waals surface area contributed by atoms with Gasteiger partial charge in [0.1, 0.15) is 5.76 Å². The zero-order chi connectivity index (χ0) is 17.9. The molecule has 3 aromatic rings. The quantitative estimate of drug-likeness (QED) is 0.622. The summed E-state index contributed by atoms with van der Waals surface area (Å²) in [4.78, 5) is 2.29. The molecule has 0 aliphatic carbocycles. The maximum atomic E-state index is 6.03. The molecule has 1 aliphatic heterocycles. The number of nitrogens with zero attached hydrogens (tertiary/aromatic N) is 4. The van der Waals surface area contributed by atoms with Gasteiger partial charge in [-0.2, -0.15) is 5.10 Å². The van der Waals surface area contributed by atoms with Gasteiger partial charge in [0, 0.05) is 23.7 Å². The van der Waals surface area contributed by atoms with Crippen molar-refractivity contribution in [3.05, 3.63) is 58.2 Å². The predicted octanol–water partition coefficient (Wildman–Crippen LogP) is 3.67. The van der Waals surface area contributed by atoms with Crippen LogP contribution in [0.1, 0.15) is 5.76 Å². The summed E-state index contributed by atoms with van der Waals surface area (Å²) in [7, 11) is 0. The van der Waals surface area contributed by atoms with Crippen LogP contribution in [0.5, 0.6) is 0 Å². The normalized spacial score (nSPS) is 15.4. The molecule has 8 heteroatoms. The lowest BCUT2D eigenvalue weighted by atomic mass is 10.2. The number of morpholine rings is 1. The highest BCUT2D eigenvalue weighted by Crippen LogP contribution is 2.22. The molecule has 0 spiro atoms. The van der Waals surface area contributed by atoms with Crippen molar-refractivity contribution in [3.63, 3.8) is 0 Å². The van der Waals surface area contributed by atoms with Crippen molar-refractivity contribution >= 4 is 23.8 Å². The van der Waals surface area contributed by atoms with Crippen LogP contribution in [0.4, 0.5) is 0 Å². The number of furan rings is 1. The Morgan fingerprint density at radius 3 is 2.58 bits per heavy atom. The van der Waals surface area contributed by atoms with E-state index in [-0.39, 0.29) is 0 Å². The maximum absolute atomic E-state index is 6.03. The number of rotatable bonds is 5. The molecule has 6 nitrogen and oxygen atoms in total. The Bertz CT molecular complexity index is 912. The second-order valence-electron chi connectivity index (χ2n) is 6.15. The smallest absolute Gasteiger partial charge is 0.199 e. The minimum atomic E-state index is 0.535. The number of hydrogen-bond donors (Lipinski definition) is 0. The molecule has 0 bridgehead atoms. The van der Waals surface area contributed by atoms with E-state index in [0.717, 1.165) is 43.5 Å². The summed E-state index contributed by atoms with van der Waals surface area (Å²) in [6.45, 7) is 4.42. The lowest BCUT2D eigenvalue weighted by Gasteiger charge is -2.26. The lowest BCUT2D eigenvalue weighted by Crippen LogP contribution is -2.37. The van der Waals surface area contributed by atoms with Crippen molar-refractivity contribution < 1.29 is 9.15 Å². The monoisotopic (exact) mass is 390 g/mol. The van der Waals surface area contributed by atoms with Gasteiger partial charge in [-0.25, -0.2) is 4.68 Å². The summed E-state index contributed by atoms with van der Waals surface area (Å²) < 4.78 is 15.5. The van der Waals surface area contributed by atoms with Gasteiger partial charge in [-0.1, -0.05) is 11.6 Å². The fourth-order valence-electron chi connectivity index (χ4n) is 2.98. The third-order valence-corrected chi connectivity index (χ3v) is 5.04. The Kier molecular flexibility index (Phi) is 5.21. The van der Waals surface area contributed by atoms with Gasteiger partial charge in [0.25, 0.3) is 0 Å². The van der Waals surface area contributed by atoms with Gasteiger partial charge in [0.2, 0.25) is 0 Å². The molecule has 1 aliphatic rings. The SMILES string of the molecule is S=c1n(CN2CCOCC2)nc(-c2ccc(Cl)cc2)n1Cc1ccco1. The molecule has 0 unspecified atom stereocenters. The zero-order valence-electron chi connectivity index (χ0n) is 14.2. The first kappa shape index (κ1) is 17.5. The molecule has 0 N–H and O–H groups in total. The summed E-state index contributed by atoms with van der Waals surface area (Å²) in [6.07, 6.45) is 1.67. The number of aromatic nitrogens is 3. The fraction of sp³-hybridized carbons (Fsp3) is 0.333. The van der Waals surface area contributed by atoms with E-state index >= 15 is 0 Å². The van der Waals surface area contributed by atoms with E-state index in [1.807, 2.05) is 45.6 Å². The first-order chi connectivity index (χ1) is 12.7. The van der Waals surface area contributed by atoms with E-state index in [0.29, 0.717) is 23.0 Å². The minimum absolute atomic E-state index is 0.535. The molecule has 26 heavy (non-hydrogen) atoms. The summed E-state index contributed by atoms with van der Waals surface area (Å²) >= 11 is 11.8. The van der Waals surface area contributed by atoms with Gasteiger partial charge >= 0.3 is 0 Å². The second-order valence-corrected chi connectivity index (χ2v) is 6.95. The standard InChI is InChI=1S/C18H19ClN4O2S/c19-15-5-3-14(4-6-15)17-20-23(13-21-7-10-24-11-8-21)18(26)22(17)12-16-2-1-9-25-16/h1-6,9H,7-8,10-13H2. The summed E-state index contributed by atoms with van der Waals surface area (Å²) in [6, 6.07) is 11.4. The lowest BCUT2D eigenvalue weighted by molar-refractivity contribution is 0.0209. The van der Waals surface area contributed by atoms with E-state index in [1.165, 1.54) is 0 Å². The van der Waals surface area contributed by atoms with E-state index in [4.69, 9.17) is 38.1 Å². The second kappa shape index (κ2) is 7.75. The molecule has 0 radical (unpaired) electrons. The van der Waals surface area contributed by atoms with Crippen LogP contribution in [0.25, 0.3) is 11.4 Å². The Hall–Kier alpha value is -1.93. The Balaban J connectivity index is 1.71. The van der Waals surface area contributed by atoms with Crippen molar-refractivity contribution in [2.75, 3.05) is 26.3 Å². The summed E-state index contributed by atoms with van der Waals surface area (Å²) in [5.74, 6) is 1.64. The van der Waals surface area contributed by atoms with Crippen LogP contribution in [-0.4, -0.2) is 45.6 Å². The largest absolute Gasteiger partial charge is 0.467 e. The predicted molar refractivity (Wildman–Crippen MR) is 102 cm³/mol. The first-order valence-corrected chi connectivity index (χ1v) is 9.25. The highest BCUT2D eigenvalue weighted by molar-refractivity contribution is 7.71. The third kappa shape index (κ3) is 3.76. The topological polar surface area (TPSA) is 48.4 Å². The van der Waals surface area contributed by atoms with E-state index in [9.17, 15) is 0 Å². The van der Waals surface area contributed by atoms with E-state index in [2.05, 4.69) is 4.90 Å². The Morgan fingerprint density at radius 1 is 1.12 bits per heavy atom. The Morgan fingerprint density at radius 2 is 1.88 bits per heavy atom. The van der Waals surface area contributed by atoms with Gasteiger partial charge in [-0.15, -0.1) is 0 Å². The maximum Gasteiger partial charge on any atom is 0.199 e. The van der Waals surface area contributed by atoms with Gasteiger partial charge in [0.15, 0.2) is 10.6 Å². The van der Waals surface area contributed by atoms with E-state index < -0.39 is 0 Å². The van der Waals surface area contributed by atoms with Crippen molar-refractivity contribution in [1.82, 2.24) is 19.2 Å². The number of ether oxygens (including phenoxy) is 1. The van der Waals surface area contributed by atoms with Crippen LogP contribution < -0.4 is 0 Å². The van der Waals surface area contributed by atoms with Crippen LogP contribution >= 0.6 is 23.8 Å². The highest BCUT2D eigenvalue weighted by atomic mass is 35.5. The summed E-state index contributed by atoms with van der Waals surface area (Å²) in [5, 5.41) is 5.48. The van der Waals surface area contributed by atoms with Crippen molar-refractivity contribution in [2.24, 2.45) is 0 Å². The van der Waals surface area contributed by atoms with Gasteiger partial charge < -0.3 is 9.15 Å². The van der Waals surface area contributed by atoms with E-state index in [1.54, 1.807) is 6.26 Å². The van der Waals surface area contributed by atoms with Gasteiger partial charge in [0.05, 0.1) is 32.7 Å². The van der Waals surface area contributed by atoms with Gasteiger partial charge in [-0.05, 0) is 48.6 Å². The minimum Gasteiger partial charge on any atom is -0.467 e. The molecular weight excluding hydrogens is 372 g/mol. The number of benzene rings is 1. The molecule has 0 amide bonds. The molecule has 3 heterocycles. The molecule has 0 atom stereocenters. The molecule has 1 aromatic carbocycles. The number of hydrogen-bond acceptors (Lipinski definition) is 5. The van der Waals surface area contributed by atoms with Crippen LogP contribution in [-0.2, 0) is 18.0 Å². The van der Waals surface area contributed by atoms with Crippen LogP contribution in [0.15, 0.2) is 47.1 Å². The molecule has 0 saturated carbocycles. The van der Waals surface area contributed by atoms with Crippen LogP contribution in [0.2, 0.25) is 5.02 Å². The van der Waals surface area contributed by atoms with Gasteiger partial charge in [-0.3, -0.25) is 9.47 Å². The highest BCUT2D eigenvalue weighted by Gasteiger charge is 2.17. The molecule has 4 rings (SSSR count).